The molecule has 22 heavy (non-hydrogen) atoms. The largest absolute Gasteiger partial charge is 0.368 e. The average Bonchev–Trinajstić information content (AvgIpc) is 2.69. The van der Waals surface area contributed by atoms with Crippen molar-refractivity contribution in [2.75, 3.05) is 0 Å². The number of nitrogens with one attached hydrogen (secondary N) is 1. The normalized spacial score (nSPS) is 17.5. The molecule has 1 saturated carbocycles. The zero-order valence-electron chi connectivity index (χ0n) is 13.6. The van der Waals surface area contributed by atoms with E-state index in [4.69, 9.17) is 5.73 Å². The molecule has 1 aliphatic rings. The van der Waals surface area contributed by atoms with E-state index in [1.165, 1.54) is 11.1 Å². The Bertz CT molecular complexity index is 558. The molecule has 4 nitrogen and oxygen atoms in total. The highest BCUT2D eigenvalue weighted by Crippen LogP contribution is 2.27. The summed E-state index contributed by atoms with van der Waals surface area (Å²) in [6, 6.07) is 6.01. The molecule has 0 aliphatic heterocycles. The van der Waals surface area contributed by atoms with Gasteiger partial charge in [0.25, 0.3) is 0 Å². The summed E-state index contributed by atoms with van der Waals surface area (Å²) in [6.45, 7) is 4.08. The van der Waals surface area contributed by atoms with Gasteiger partial charge in [-0.1, -0.05) is 43.9 Å². The number of rotatable bonds is 4. The van der Waals surface area contributed by atoms with E-state index in [0.717, 1.165) is 31.2 Å². The van der Waals surface area contributed by atoms with Crippen molar-refractivity contribution in [3.8, 4) is 0 Å². The lowest BCUT2D eigenvalue weighted by molar-refractivity contribution is -0.131. The van der Waals surface area contributed by atoms with E-state index in [0.29, 0.717) is 12.8 Å². The van der Waals surface area contributed by atoms with Gasteiger partial charge in [0, 0.05) is 0 Å². The van der Waals surface area contributed by atoms with E-state index >= 15 is 0 Å². The van der Waals surface area contributed by atoms with E-state index in [9.17, 15) is 9.59 Å². The van der Waals surface area contributed by atoms with Crippen LogP contribution in [-0.2, 0) is 16.0 Å². The number of hydrogen-bond acceptors (Lipinski definition) is 2. The van der Waals surface area contributed by atoms with Crippen LogP contribution in [0.25, 0.3) is 0 Å². The van der Waals surface area contributed by atoms with E-state index in [-0.39, 0.29) is 12.3 Å². The summed E-state index contributed by atoms with van der Waals surface area (Å²) < 4.78 is 0. The third kappa shape index (κ3) is 3.87. The fourth-order valence-electron chi connectivity index (χ4n) is 3.18. The highest BCUT2D eigenvalue weighted by Gasteiger charge is 2.38. The highest BCUT2D eigenvalue weighted by molar-refractivity contribution is 5.91. The Hall–Kier alpha value is -1.84. The molecule has 0 aromatic heterocycles. The second-order valence-corrected chi connectivity index (χ2v) is 6.50. The maximum Gasteiger partial charge on any atom is 0.243 e. The Morgan fingerprint density at radius 1 is 1.09 bits per heavy atom. The van der Waals surface area contributed by atoms with Gasteiger partial charge in [0.05, 0.1) is 6.42 Å². The van der Waals surface area contributed by atoms with Crippen molar-refractivity contribution in [2.24, 2.45) is 5.73 Å². The van der Waals surface area contributed by atoms with Crippen LogP contribution in [0.3, 0.4) is 0 Å². The van der Waals surface area contributed by atoms with Gasteiger partial charge in [-0.05, 0) is 43.4 Å². The molecule has 0 atom stereocenters. The van der Waals surface area contributed by atoms with E-state index < -0.39 is 11.4 Å². The van der Waals surface area contributed by atoms with Gasteiger partial charge < -0.3 is 11.1 Å². The zero-order chi connectivity index (χ0) is 16.2. The van der Waals surface area contributed by atoms with Gasteiger partial charge in [-0.25, -0.2) is 0 Å². The van der Waals surface area contributed by atoms with Crippen LogP contribution in [0, 0.1) is 13.8 Å². The molecule has 2 amide bonds. The maximum atomic E-state index is 12.4. The van der Waals surface area contributed by atoms with Crippen molar-refractivity contribution < 1.29 is 9.59 Å². The standard InChI is InChI=1S/C18H26N2O2/c1-13-7-8-15(11-14(13)2)12-16(21)20-18(17(19)22)9-5-3-4-6-10-18/h7-8,11H,3-6,9-10,12H2,1-2H3,(H2,19,22)(H,20,21). The number of primary amides is 1. The molecule has 1 aliphatic carbocycles. The predicted octanol–water partition coefficient (Wildman–Crippen LogP) is 2.54. The van der Waals surface area contributed by atoms with Gasteiger partial charge in [-0.2, -0.15) is 0 Å². The first-order valence-electron chi connectivity index (χ1n) is 8.10. The minimum absolute atomic E-state index is 0.121. The number of nitrogens with two attached hydrogens (primary N) is 1. The lowest BCUT2D eigenvalue weighted by atomic mass is 9.89. The number of carbonyl (C=O) groups excluding carboxylic acids is 2. The molecule has 0 heterocycles. The second-order valence-electron chi connectivity index (χ2n) is 6.50. The Balaban J connectivity index is 2.07. The van der Waals surface area contributed by atoms with Crippen LogP contribution in [0.15, 0.2) is 18.2 Å². The topological polar surface area (TPSA) is 72.2 Å². The number of benzene rings is 1. The summed E-state index contributed by atoms with van der Waals surface area (Å²) in [5, 5.41) is 2.94. The van der Waals surface area contributed by atoms with Gasteiger partial charge in [-0.15, -0.1) is 0 Å². The SMILES string of the molecule is Cc1ccc(CC(=O)NC2(C(N)=O)CCCCCC2)cc1C. The Labute approximate surface area is 132 Å². The first-order valence-corrected chi connectivity index (χ1v) is 8.10. The Morgan fingerprint density at radius 3 is 2.27 bits per heavy atom. The van der Waals surface area contributed by atoms with Gasteiger partial charge in [0.2, 0.25) is 11.8 Å². The summed E-state index contributed by atoms with van der Waals surface area (Å²) >= 11 is 0. The third-order valence-electron chi connectivity index (χ3n) is 4.74. The van der Waals surface area contributed by atoms with Crippen LogP contribution in [0.5, 0.6) is 0 Å². The molecule has 3 N–H and O–H groups in total. The van der Waals surface area contributed by atoms with Crippen LogP contribution in [-0.4, -0.2) is 17.4 Å². The van der Waals surface area contributed by atoms with Crippen molar-refractivity contribution >= 4 is 11.8 Å². The summed E-state index contributed by atoms with van der Waals surface area (Å²) in [5.74, 6) is -0.521. The summed E-state index contributed by atoms with van der Waals surface area (Å²) in [4.78, 5) is 24.3. The minimum Gasteiger partial charge on any atom is -0.368 e. The van der Waals surface area contributed by atoms with Gasteiger partial charge in [0.1, 0.15) is 5.54 Å². The molecule has 1 aromatic carbocycles. The minimum atomic E-state index is -0.854. The molecule has 120 valence electrons. The lowest BCUT2D eigenvalue weighted by Gasteiger charge is -2.30. The van der Waals surface area contributed by atoms with Crippen molar-refractivity contribution in [3.05, 3.63) is 34.9 Å². The quantitative estimate of drug-likeness (QED) is 0.839. The molecule has 1 fully saturated rings. The number of hydrogen-bond donors (Lipinski definition) is 2. The fourth-order valence-corrected chi connectivity index (χ4v) is 3.18. The van der Waals surface area contributed by atoms with Crippen molar-refractivity contribution in [3.63, 3.8) is 0 Å². The van der Waals surface area contributed by atoms with Gasteiger partial charge in [-0.3, -0.25) is 9.59 Å². The maximum absolute atomic E-state index is 12.4. The molecule has 0 unspecified atom stereocenters. The Kier molecular flexibility index (Phi) is 5.22. The summed E-state index contributed by atoms with van der Waals surface area (Å²) in [5.41, 5.74) is 8.10. The first kappa shape index (κ1) is 16.5. The molecule has 1 aromatic rings. The zero-order valence-corrected chi connectivity index (χ0v) is 13.6. The molecule has 0 spiro atoms. The fraction of sp³-hybridized carbons (Fsp3) is 0.556. The van der Waals surface area contributed by atoms with Gasteiger partial charge in [0.15, 0.2) is 0 Å². The first-order chi connectivity index (χ1) is 10.4. The molecule has 4 heteroatoms. The van der Waals surface area contributed by atoms with Gasteiger partial charge >= 0.3 is 0 Å². The van der Waals surface area contributed by atoms with E-state index in [1.807, 2.05) is 32.0 Å². The molecular weight excluding hydrogens is 276 g/mol. The van der Waals surface area contributed by atoms with Crippen LogP contribution < -0.4 is 11.1 Å². The highest BCUT2D eigenvalue weighted by atomic mass is 16.2. The molecular formula is C18H26N2O2. The molecule has 2 rings (SSSR count). The smallest absolute Gasteiger partial charge is 0.243 e. The van der Waals surface area contributed by atoms with Crippen LogP contribution in [0.4, 0.5) is 0 Å². The molecule has 0 radical (unpaired) electrons. The predicted molar refractivity (Wildman–Crippen MR) is 87.4 cm³/mol. The van der Waals surface area contributed by atoms with Crippen molar-refractivity contribution in [2.45, 2.75) is 64.3 Å². The van der Waals surface area contributed by atoms with Crippen LogP contribution in [0.2, 0.25) is 0 Å². The number of amides is 2. The van der Waals surface area contributed by atoms with Crippen LogP contribution in [0.1, 0.15) is 55.2 Å². The van der Waals surface area contributed by atoms with E-state index in [1.54, 1.807) is 0 Å². The number of carbonyl (C=O) groups is 2. The van der Waals surface area contributed by atoms with Crippen molar-refractivity contribution in [1.29, 1.82) is 0 Å². The van der Waals surface area contributed by atoms with Crippen molar-refractivity contribution in [1.82, 2.24) is 5.32 Å². The third-order valence-corrected chi connectivity index (χ3v) is 4.74. The average molecular weight is 302 g/mol. The monoisotopic (exact) mass is 302 g/mol. The van der Waals surface area contributed by atoms with E-state index in [2.05, 4.69) is 5.32 Å². The summed E-state index contributed by atoms with van der Waals surface area (Å²) in [7, 11) is 0. The second kappa shape index (κ2) is 6.95. The summed E-state index contributed by atoms with van der Waals surface area (Å²) in [6.07, 6.45) is 5.67. The van der Waals surface area contributed by atoms with Crippen LogP contribution >= 0.6 is 0 Å². The Morgan fingerprint density at radius 2 is 1.73 bits per heavy atom. The lowest BCUT2D eigenvalue weighted by Crippen LogP contribution is -2.57. The molecule has 0 bridgehead atoms. The number of aryl methyl sites for hydroxylation is 2. The molecule has 0 saturated heterocycles.